The second-order valence-electron chi connectivity index (χ2n) is 5.48. The van der Waals surface area contributed by atoms with E-state index in [1.807, 2.05) is 42.5 Å². The lowest BCUT2D eigenvalue weighted by atomic mass is 10.0. The molecule has 116 valence electrons. The first-order valence-electron chi connectivity index (χ1n) is 7.67. The summed E-state index contributed by atoms with van der Waals surface area (Å²) in [5, 5.41) is 2.83. The lowest BCUT2D eigenvalue weighted by Crippen LogP contribution is -1.90. The van der Waals surface area contributed by atoms with Crippen LogP contribution in [0.2, 0.25) is 5.02 Å². The molecule has 1 nitrogen and oxygen atoms in total. The highest BCUT2D eigenvalue weighted by molar-refractivity contribution is 7.13. The third-order valence-electron chi connectivity index (χ3n) is 3.84. The van der Waals surface area contributed by atoms with E-state index in [9.17, 15) is 0 Å². The zero-order chi connectivity index (χ0) is 16.4. The van der Waals surface area contributed by atoms with Gasteiger partial charge in [0.15, 0.2) is 0 Å². The molecule has 24 heavy (non-hydrogen) atoms. The SMILES string of the molecule is Clc1ccc(-c2cc(-c3cccs3)cc(-c3ccccc3)n2)cc1. The average molecular weight is 348 g/mol. The molecule has 4 rings (SSSR count). The van der Waals surface area contributed by atoms with Gasteiger partial charge < -0.3 is 0 Å². The zero-order valence-electron chi connectivity index (χ0n) is 12.8. The van der Waals surface area contributed by atoms with Gasteiger partial charge in [0.1, 0.15) is 0 Å². The van der Waals surface area contributed by atoms with E-state index < -0.39 is 0 Å². The van der Waals surface area contributed by atoms with Crippen LogP contribution in [0.1, 0.15) is 0 Å². The summed E-state index contributed by atoms with van der Waals surface area (Å²) in [6, 6.07) is 26.6. The third kappa shape index (κ3) is 3.12. The van der Waals surface area contributed by atoms with Crippen molar-refractivity contribution in [3.63, 3.8) is 0 Å². The molecule has 0 atom stereocenters. The van der Waals surface area contributed by atoms with Gasteiger partial charge in [0, 0.05) is 21.0 Å². The Hall–Kier alpha value is -2.42. The lowest BCUT2D eigenvalue weighted by molar-refractivity contribution is 1.32. The predicted molar refractivity (Wildman–Crippen MR) is 103 cm³/mol. The van der Waals surface area contributed by atoms with Gasteiger partial charge in [-0.3, -0.25) is 0 Å². The molecule has 0 N–H and O–H groups in total. The molecule has 2 heterocycles. The van der Waals surface area contributed by atoms with Crippen LogP contribution in [0, 0.1) is 0 Å². The maximum Gasteiger partial charge on any atom is 0.0716 e. The largest absolute Gasteiger partial charge is 0.248 e. The molecule has 3 heteroatoms. The molecule has 0 unspecified atom stereocenters. The fourth-order valence-electron chi connectivity index (χ4n) is 2.64. The predicted octanol–water partition coefficient (Wildman–Crippen LogP) is 6.80. The van der Waals surface area contributed by atoms with Gasteiger partial charge in [-0.05, 0) is 41.3 Å². The molecule has 0 aliphatic carbocycles. The molecule has 0 spiro atoms. The van der Waals surface area contributed by atoms with Gasteiger partial charge in [-0.1, -0.05) is 60.1 Å². The Kier molecular flexibility index (Phi) is 4.16. The summed E-state index contributed by atoms with van der Waals surface area (Å²) in [4.78, 5) is 6.12. The molecule has 0 aliphatic rings. The Morgan fingerprint density at radius 1 is 0.667 bits per heavy atom. The molecular formula is C21H14ClNS. The molecule has 2 aromatic carbocycles. The second-order valence-corrected chi connectivity index (χ2v) is 6.86. The molecule has 0 radical (unpaired) electrons. The van der Waals surface area contributed by atoms with Crippen molar-refractivity contribution in [2.75, 3.05) is 0 Å². The van der Waals surface area contributed by atoms with Crippen molar-refractivity contribution in [2.24, 2.45) is 0 Å². The van der Waals surface area contributed by atoms with Gasteiger partial charge in [0.25, 0.3) is 0 Å². The highest BCUT2D eigenvalue weighted by atomic mass is 35.5. The van der Waals surface area contributed by atoms with Crippen molar-refractivity contribution < 1.29 is 0 Å². The number of aromatic nitrogens is 1. The van der Waals surface area contributed by atoms with Crippen LogP contribution in [0.25, 0.3) is 33.0 Å². The van der Waals surface area contributed by atoms with Crippen molar-refractivity contribution in [3.8, 4) is 33.0 Å². The Morgan fingerprint density at radius 3 is 1.96 bits per heavy atom. The third-order valence-corrected chi connectivity index (χ3v) is 5.01. The maximum atomic E-state index is 6.02. The van der Waals surface area contributed by atoms with Crippen LogP contribution < -0.4 is 0 Å². The summed E-state index contributed by atoms with van der Waals surface area (Å²) >= 11 is 7.76. The van der Waals surface area contributed by atoms with E-state index in [4.69, 9.17) is 16.6 Å². The van der Waals surface area contributed by atoms with E-state index in [1.54, 1.807) is 11.3 Å². The fourth-order valence-corrected chi connectivity index (χ4v) is 3.48. The van der Waals surface area contributed by atoms with E-state index in [1.165, 1.54) is 10.4 Å². The maximum absolute atomic E-state index is 6.02. The van der Waals surface area contributed by atoms with Crippen LogP contribution >= 0.6 is 22.9 Å². The molecule has 2 aromatic heterocycles. The van der Waals surface area contributed by atoms with Crippen molar-refractivity contribution in [1.29, 1.82) is 0 Å². The van der Waals surface area contributed by atoms with Crippen LogP contribution in [0.5, 0.6) is 0 Å². The van der Waals surface area contributed by atoms with Gasteiger partial charge in [0.05, 0.1) is 11.4 Å². The number of benzene rings is 2. The van der Waals surface area contributed by atoms with Crippen LogP contribution in [-0.2, 0) is 0 Å². The van der Waals surface area contributed by atoms with Crippen LogP contribution in [0.15, 0.2) is 84.2 Å². The Balaban J connectivity index is 1.90. The minimum absolute atomic E-state index is 0.733. The van der Waals surface area contributed by atoms with Crippen molar-refractivity contribution in [1.82, 2.24) is 4.98 Å². The van der Waals surface area contributed by atoms with E-state index in [2.05, 4.69) is 41.8 Å². The first-order chi connectivity index (χ1) is 11.8. The molecule has 0 saturated heterocycles. The first-order valence-corrected chi connectivity index (χ1v) is 8.93. The quantitative estimate of drug-likeness (QED) is 0.397. The summed E-state index contributed by atoms with van der Waals surface area (Å²) in [7, 11) is 0. The van der Waals surface area contributed by atoms with Crippen molar-refractivity contribution in [3.05, 3.63) is 89.3 Å². The number of hydrogen-bond acceptors (Lipinski definition) is 2. The number of nitrogens with zero attached hydrogens (tertiary/aromatic N) is 1. The molecule has 4 aromatic rings. The van der Waals surface area contributed by atoms with Gasteiger partial charge in [-0.2, -0.15) is 0 Å². The highest BCUT2D eigenvalue weighted by Crippen LogP contribution is 2.32. The summed E-state index contributed by atoms with van der Waals surface area (Å²) in [6.07, 6.45) is 0. The van der Waals surface area contributed by atoms with E-state index in [0.29, 0.717) is 0 Å². The summed E-state index contributed by atoms with van der Waals surface area (Å²) < 4.78 is 0. The Labute approximate surface area is 150 Å². The number of rotatable bonds is 3. The number of halogens is 1. The first kappa shape index (κ1) is 15.1. The molecule has 0 fully saturated rings. The number of thiophene rings is 1. The van der Waals surface area contributed by atoms with Crippen molar-refractivity contribution in [2.45, 2.75) is 0 Å². The van der Waals surface area contributed by atoms with Gasteiger partial charge in [0.2, 0.25) is 0 Å². The summed E-state index contributed by atoms with van der Waals surface area (Å²) in [5.74, 6) is 0. The fraction of sp³-hybridized carbons (Fsp3) is 0. The minimum Gasteiger partial charge on any atom is -0.248 e. The number of pyridine rings is 1. The van der Waals surface area contributed by atoms with Crippen LogP contribution in [-0.4, -0.2) is 4.98 Å². The van der Waals surface area contributed by atoms with Crippen LogP contribution in [0.3, 0.4) is 0 Å². The van der Waals surface area contributed by atoms with Gasteiger partial charge in [-0.25, -0.2) is 4.98 Å². The standard InChI is InChI=1S/C21H14ClNS/c22-18-10-8-16(9-11-18)20-14-17(21-7-4-12-24-21)13-19(23-20)15-5-2-1-3-6-15/h1-14H. The smallest absolute Gasteiger partial charge is 0.0716 e. The van der Waals surface area contributed by atoms with E-state index >= 15 is 0 Å². The normalized spacial score (nSPS) is 10.7. The van der Waals surface area contributed by atoms with E-state index in [0.717, 1.165) is 27.5 Å². The Bertz CT molecular complexity index is 945. The minimum atomic E-state index is 0.733. The Morgan fingerprint density at radius 2 is 1.33 bits per heavy atom. The lowest BCUT2D eigenvalue weighted by Gasteiger charge is -2.09. The molecular weight excluding hydrogens is 334 g/mol. The summed E-state index contributed by atoms with van der Waals surface area (Å²) in [5.41, 5.74) is 5.30. The van der Waals surface area contributed by atoms with Crippen LogP contribution in [0.4, 0.5) is 0 Å². The van der Waals surface area contributed by atoms with Gasteiger partial charge in [-0.15, -0.1) is 11.3 Å². The number of hydrogen-bond donors (Lipinski definition) is 0. The zero-order valence-corrected chi connectivity index (χ0v) is 14.4. The second kappa shape index (κ2) is 6.60. The summed E-state index contributed by atoms with van der Waals surface area (Å²) in [6.45, 7) is 0. The van der Waals surface area contributed by atoms with E-state index in [-0.39, 0.29) is 0 Å². The molecule has 0 bridgehead atoms. The topological polar surface area (TPSA) is 12.9 Å². The monoisotopic (exact) mass is 347 g/mol. The van der Waals surface area contributed by atoms with Crippen molar-refractivity contribution >= 4 is 22.9 Å². The highest BCUT2D eigenvalue weighted by Gasteiger charge is 2.09. The molecule has 0 amide bonds. The average Bonchev–Trinajstić information content (AvgIpc) is 3.17. The molecule has 0 aliphatic heterocycles. The van der Waals surface area contributed by atoms with Gasteiger partial charge >= 0.3 is 0 Å². The molecule has 0 saturated carbocycles.